The van der Waals surface area contributed by atoms with Crippen molar-refractivity contribution in [2.24, 2.45) is 0 Å². The van der Waals surface area contributed by atoms with E-state index < -0.39 is 0 Å². The molecule has 0 bridgehead atoms. The highest BCUT2D eigenvalue weighted by Gasteiger charge is 2.27. The minimum atomic E-state index is 0.216. The highest BCUT2D eigenvalue weighted by atomic mass is 16.5. The second kappa shape index (κ2) is 6.78. The van der Waals surface area contributed by atoms with E-state index in [-0.39, 0.29) is 5.92 Å². The van der Waals surface area contributed by atoms with E-state index in [0.717, 1.165) is 42.5 Å². The van der Waals surface area contributed by atoms with Gasteiger partial charge >= 0.3 is 0 Å². The van der Waals surface area contributed by atoms with E-state index in [4.69, 9.17) is 14.0 Å². The van der Waals surface area contributed by atoms with Crippen LogP contribution in [0.3, 0.4) is 0 Å². The van der Waals surface area contributed by atoms with Crippen molar-refractivity contribution in [3.05, 3.63) is 30.0 Å². The van der Waals surface area contributed by atoms with Crippen molar-refractivity contribution in [2.45, 2.75) is 25.7 Å². The maximum Gasteiger partial charge on any atom is 0.231 e. The number of aromatic nitrogens is 4. The standard InChI is InChI=1S/C18H21N5O3/c1-11-20-18(26-22-11)12-5-4-6-23(10-12)15-9-19-21-14-8-17(25-3)16(24-2)7-13(14)15/h7-9,12H,4-6,10H2,1-3H3. The first-order valence-corrected chi connectivity index (χ1v) is 8.62. The molecule has 136 valence electrons. The van der Waals surface area contributed by atoms with Crippen molar-refractivity contribution in [3.63, 3.8) is 0 Å². The number of aryl methyl sites for hydroxylation is 1. The van der Waals surface area contributed by atoms with Gasteiger partial charge in [-0.25, -0.2) is 0 Å². The predicted octanol–water partition coefficient (Wildman–Crippen LogP) is 2.72. The zero-order chi connectivity index (χ0) is 18.1. The molecular formula is C18H21N5O3. The summed E-state index contributed by atoms with van der Waals surface area (Å²) in [6, 6.07) is 3.81. The number of methoxy groups -OCH3 is 2. The molecule has 1 atom stereocenters. The molecule has 1 aliphatic heterocycles. The molecule has 0 radical (unpaired) electrons. The molecule has 1 fully saturated rings. The summed E-state index contributed by atoms with van der Waals surface area (Å²) in [7, 11) is 3.25. The second-order valence-corrected chi connectivity index (χ2v) is 6.42. The summed E-state index contributed by atoms with van der Waals surface area (Å²) in [6.07, 6.45) is 3.88. The van der Waals surface area contributed by atoms with Gasteiger partial charge in [0, 0.05) is 24.5 Å². The number of rotatable bonds is 4. The average Bonchev–Trinajstić information content (AvgIpc) is 3.12. The molecule has 0 aliphatic carbocycles. The fourth-order valence-electron chi connectivity index (χ4n) is 3.50. The largest absolute Gasteiger partial charge is 0.493 e. The fourth-order valence-corrected chi connectivity index (χ4v) is 3.50. The lowest BCUT2D eigenvalue weighted by Crippen LogP contribution is -2.34. The molecule has 8 heteroatoms. The van der Waals surface area contributed by atoms with Crippen molar-refractivity contribution in [3.8, 4) is 11.5 Å². The molecule has 1 aliphatic rings. The summed E-state index contributed by atoms with van der Waals surface area (Å²) in [4.78, 5) is 6.71. The Morgan fingerprint density at radius 1 is 1.19 bits per heavy atom. The zero-order valence-corrected chi connectivity index (χ0v) is 15.1. The molecule has 0 amide bonds. The first-order valence-electron chi connectivity index (χ1n) is 8.62. The number of hydrogen-bond donors (Lipinski definition) is 0. The molecule has 8 nitrogen and oxygen atoms in total. The average molecular weight is 355 g/mol. The highest BCUT2D eigenvalue weighted by molar-refractivity contribution is 5.93. The molecule has 3 aromatic rings. The van der Waals surface area contributed by atoms with Crippen molar-refractivity contribution >= 4 is 16.6 Å². The summed E-state index contributed by atoms with van der Waals surface area (Å²) in [5, 5.41) is 13.3. The molecule has 1 unspecified atom stereocenters. The molecule has 26 heavy (non-hydrogen) atoms. The van der Waals surface area contributed by atoms with Crippen LogP contribution in [0, 0.1) is 6.92 Å². The monoisotopic (exact) mass is 355 g/mol. The minimum Gasteiger partial charge on any atom is -0.493 e. The minimum absolute atomic E-state index is 0.216. The number of nitrogens with zero attached hydrogens (tertiary/aromatic N) is 5. The smallest absolute Gasteiger partial charge is 0.231 e. The van der Waals surface area contributed by atoms with Crippen LogP contribution in [0.1, 0.15) is 30.5 Å². The van der Waals surface area contributed by atoms with Crippen LogP contribution in [0.5, 0.6) is 11.5 Å². The lowest BCUT2D eigenvalue weighted by atomic mass is 9.97. The first kappa shape index (κ1) is 16.6. The van der Waals surface area contributed by atoms with Gasteiger partial charge in [-0.3, -0.25) is 0 Å². The van der Waals surface area contributed by atoms with Crippen LogP contribution in [0.2, 0.25) is 0 Å². The third kappa shape index (κ3) is 2.91. The molecule has 0 saturated carbocycles. The van der Waals surface area contributed by atoms with E-state index in [1.165, 1.54) is 0 Å². The Hall–Kier alpha value is -2.90. The zero-order valence-electron chi connectivity index (χ0n) is 15.1. The van der Waals surface area contributed by atoms with Gasteiger partial charge in [-0.05, 0) is 25.8 Å². The van der Waals surface area contributed by atoms with Gasteiger partial charge in [0.15, 0.2) is 17.3 Å². The van der Waals surface area contributed by atoms with E-state index in [2.05, 4.69) is 25.2 Å². The summed E-state index contributed by atoms with van der Waals surface area (Å²) >= 11 is 0. The summed E-state index contributed by atoms with van der Waals surface area (Å²) < 4.78 is 16.2. The Morgan fingerprint density at radius 3 is 2.73 bits per heavy atom. The van der Waals surface area contributed by atoms with Gasteiger partial charge in [0.1, 0.15) is 0 Å². The Kier molecular flexibility index (Phi) is 4.32. The van der Waals surface area contributed by atoms with Crippen LogP contribution in [-0.4, -0.2) is 47.6 Å². The van der Waals surface area contributed by atoms with E-state index in [1.54, 1.807) is 20.4 Å². The Bertz CT molecular complexity index is 926. The number of anilines is 1. The van der Waals surface area contributed by atoms with E-state index in [1.807, 2.05) is 19.1 Å². The van der Waals surface area contributed by atoms with Crippen molar-refractivity contribution < 1.29 is 14.0 Å². The van der Waals surface area contributed by atoms with Crippen molar-refractivity contribution in [1.29, 1.82) is 0 Å². The van der Waals surface area contributed by atoms with Gasteiger partial charge in [-0.1, -0.05) is 5.16 Å². The van der Waals surface area contributed by atoms with Crippen LogP contribution < -0.4 is 14.4 Å². The summed E-state index contributed by atoms with van der Waals surface area (Å²) in [5.41, 5.74) is 1.80. The highest BCUT2D eigenvalue weighted by Crippen LogP contribution is 2.37. The van der Waals surface area contributed by atoms with Gasteiger partial charge in [-0.2, -0.15) is 15.2 Å². The Balaban J connectivity index is 1.71. The molecule has 4 rings (SSSR count). The molecule has 1 saturated heterocycles. The molecule has 2 aromatic heterocycles. The molecule has 0 N–H and O–H groups in total. The lowest BCUT2D eigenvalue weighted by molar-refractivity contribution is 0.331. The number of ether oxygens (including phenoxy) is 2. The third-order valence-corrected chi connectivity index (χ3v) is 4.78. The lowest BCUT2D eigenvalue weighted by Gasteiger charge is -2.33. The summed E-state index contributed by atoms with van der Waals surface area (Å²) in [6.45, 7) is 3.59. The van der Waals surface area contributed by atoms with Crippen molar-refractivity contribution in [1.82, 2.24) is 20.3 Å². The quantitative estimate of drug-likeness (QED) is 0.706. The van der Waals surface area contributed by atoms with Crippen LogP contribution >= 0.6 is 0 Å². The van der Waals surface area contributed by atoms with E-state index >= 15 is 0 Å². The Morgan fingerprint density at radius 2 is 2.00 bits per heavy atom. The molecule has 0 spiro atoms. The van der Waals surface area contributed by atoms with Crippen LogP contribution in [0.4, 0.5) is 5.69 Å². The fraction of sp³-hybridized carbons (Fsp3) is 0.444. The molecule has 1 aromatic carbocycles. The maximum absolute atomic E-state index is 5.45. The van der Waals surface area contributed by atoms with Gasteiger partial charge in [0.25, 0.3) is 0 Å². The van der Waals surface area contributed by atoms with Gasteiger partial charge < -0.3 is 18.9 Å². The van der Waals surface area contributed by atoms with Gasteiger partial charge in [-0.15, -0.1) is 0 Å². The van der Waals surface area contributed by atoms with Crippen LogP contribution in [-0.2, 0) is 0 Å². The van der Waals surface area contributed by atoms with Gasteiger partial charge in [0.2, 0.25) is 5.89 Å². The SMILES string of the molecule is COc1cc2nncc(N3CCCC(c4nc(C)no4)C3)c2cc1OC. The molecule has 3 heterocycles. The predicted molar refractivity (Wildman–Crippen MR) is 95.9 cm³/mol. The van der Waals surface area contributed by atoms with Crippen LogP contribution in [0.25, 0.3) is 10.9 Å². The topological polar surface area (TPSA) is 86.4 Å². The van der Waals surface area contributed by atoms with Gasteiger partial charge in [0.05, 0.1) is 37.5 Å². The van der Waals surface area contributed by atoms with Crippen molar-refractivity contribution in [2.75, 3.05) is 32.2 Å². The molecular weight excluding hydrogens is 334 g/mol. The normalized spacial score (nSPS) is 17.5. The first-order chi connectivity index (χ1) is 12.7. The van der Waals surface area contributed by atoms with E-state index in [9.17, 15) is 0 Å². The number of benzene rings is 1. The third-order valence-electron chi connectivity index (χ3n) is 4.78. The van der Waals surface area contributed by atoms with E-state index in [0.29, 0.717) is 23.2 Å². The summed E-state index contributed by atoms with van der Waals surface area (Å²) in [5.74, 6) is 2.91. The maximum atomic E-state index is 5.45. The second-order valence-electron chi connectivity index (χ2n) is 6.42. The number of fused-ring (bicyclic) bond motifs is 1. The van der Waals surface area contributed by atoms with Crippen LogP contribution in [0.15, 0.2) is 22.9 Å². The number of piperidine rings is 1. The Labute approximate surface area is 151 Å². The number of hydrogen-bond acceptors (Lipinski definition) is 8.